The van der Waals surface area contributed by atoms with Crippen molar-refractivity contribution >= 4 is 11.8 Å². The predicted octanol–water partition coefficient (Wildman–Crippen LogP) is 1.12. The maximum absolute atomic E-state index is 13.4. The van der Waals surface area contributed by atoms with Crippen molar-refractivity contribution in [2.75, 3.05) is 46.4 Å². The Hall–Kier alpha value is -2.15. The van der Waals surface area contributed by atoms with Gasteiger partial charge in [0.2, 0.25) is 5.91 Å². The molecule has 2 rings (SSSR count). The highest BCUT2D eigenvalue weighted by Crippen LogP contribution is 2.21. The number of amides is 2. The number of rotatable bonds is 6. The first-order chi connectivity index (χ1) is 11.5. The third-order valence-corrected chi connectivity index (χ3v) is 3.99. The molecule has 0 aromatic heterocycles. The number of halogens is 1. The molecule has 7 heteroatoms. The van der Waals surface area contributed by atoms with E-state index in [1.54, 1.807) is 4.90 Å². The van der Waals surface area contributed by atoms with E-state index in [0.717, 1.165) is 6.42 Å². The average Bonchev–Trinajstić information content (AvgIpc) is 2.60. The van der Waals surface area contributed by atoms with Gasteiger partial charge in [-0.3, -0.25) is 14.5 Å². The fourth-order valence-electron chi connectivity index (χ4n) is 2.65. The van der Waals surface area contributed by atoms with Crippen LogP contribution in [0.5, 0.6) is 5.75 Å². The summed E-state index contributed by atoms with van der Waals surface area (Å²) in [5, 5.41) is 2.84. The van der Waals surface area contributed by atoms with Gasteiger partial charge in [0.05, 0.1) is 19.2 Å². The molecule has 0 saturated carbocycles. The van der Waals surface area contributed by atoms with Gasteiger partial charge in [0, 0.05) is 32.7 Å². The summed E-state index contributed by atoms with van der Waals surface area (Å²) in [6, 6.07) is 3.92. The zero-order valence-electron chi connectivity index (χ0n) is 14.2. The molecule has 132 valence electrons. The number of carbonyl (C=O) groups excluding carboxylic acids is 2. The maximum atomic E-state index is 13.4. The monoisotopic (exact) mass is 337 g/mol. The Bertz CT molecular complexity index is 586. The molecule has 1 aromatic rings. The van der Waals surface area contributed by atoms with Crippen LogP contribution in [-0.4, -0.2) is 68.0 Å². The Labute approximate surface area is 141 Å². The summed E-state index contributed by atoms with van der Waals surface area (Å²) in [4.78, 5) is 28.0. The number of ether oxygens (including phenoxy) is 1. The molecule has 1 N–H and O–H groups in total. The van der Waals surface area contributed by atoms with Crippen molar-refractivity contribution in [1.82, 2.24) is 15.1 Å². The molecule has 1 fully saturated rings. The summed E-state index contributed by atoms with van der Waals surface area (Å²) in [7, 11) is 1.46. The second kappa shape index (κ2) is 8.63. The summed E-state index contributed by atoms with van der Waals surface area (Å²) < 4.78 is 18.6. The van der Waals surface area contributed by atoms with Crippen molar-refractivity contribution < 1.29 is 18.7 Å². The standard InChI is InChI=1S/C17H24FN3O3/c1-3-6-19-16(22)12-20-7-9-21(10-8-20)17(23)14-11-13(18)4-5-15(14)24-2/h4-5,11H,3,6-10,12H2,1-2H3,(H,19,22). The van der Waals surface area contributed by atoms with Crippen LogP contribution in [0.25, 0.3) is 0 Å². The summed E-state index contributed by atoms with van der Waals surface area (Å²) in [6.45, 7) is 5.25. The second-order valence-electron chi connectivity index (χ2n) is 5.76. The van der Waals surface area contributed by atoms with Crippen LogP contribution in [0.3, 0.4) is 0 Å². The number of nitrogens with one attached hydrogen (secondary N) is 1. The second-order valence-corrected chi connectivity index (χ2v) is 5.76. The van der Waals surface area contributed by atoms with Crippen LogP contribution in [0.1, 0.15) is 23.7 Å². The van der Waals surface area contributed by atoms with Crippen molar-refractivity contribution in [3.63, 3.8) is 0 Å². The molecule has 1 aliphatic rings. The lowest BCUT2D eigenvalue weighted by Gasteiger charge is -2.34. The number of carbonyl (C=O) groups is 2. The lowest BCUT2D eigenvalue weighted by atomic mass is 10.1. The zero-order chi connectivity index (χ0) is 17.5. The maximum Gasteiger partial charge on any atom is 0.257 e. The lowest BCUT2D eigenvalue weighted by molar-refractivity contribution is -0.122. The fourth-order valence-corrected chi connectivity index (χ4v) is 2.65. The van der Waals surface area contributed by atoms with Crippen LogP contribution < -0.4 is 10.1 Å². The van der Waals surface area contributed by atoms with Gasteiger partial charge in [-0.25, -0.2) is 4.39 Å². The van der Waals surface area contributed by atoms with Crippen LogP contribution in [0.2, 0.25) is 0 Å². The molecule has 0 aliphatic carbocycles. The predicted molar refractivity (Wildman–Crippen MR) is 88.6 cm³/mol. The van der Waals surface area contributed by atoms with Crippen LogP contribution >= 0.6 is 0 Å². The van der Waals surface area contributed by atoms with Gasteiger partial charge in [0.15, 0.2) is 0 Å². The van der Waals surface area contributed by atoms with E-state index in [0.29, 0.717) is 45.0 Å². The first-order valence-corrected chi connectivity index (χ1v) is 8.17. The Morgan fingerprint density at radius 2 is 1.96 bits per heavy atom. The van der Waals surface area contributed by atoms with E-state index < -0.39 is 5.82 Å². The number of hydrogen-bond donors (Lipinski definition) is 1. The third-order valence-electron chi connectivity index (χ3n) is 3.99. The topological polar surface area (TPSA) is 61.9 Å². The fraction of sp³-hybridized carbons (Fsp3) is 0.529. The normalized spacial score (nSPS) is 15.2. The molecule has 0 unspecified atom stereocenters. The van der Waals surface area contributed by atoms with E-state index in [-0.39, 0.29) is 17.4 Å². The molecule has 1 aliphatic heterocycles. The molecular weight excluding hydrogens is 313 g/mol. The van der Waals surface area contributed by atoms with Crippen molar-refractivity contribution in [3.05, 3.63) is 29.6 Å². The number of benzene rings is 1. The van der Waals surface area contributed by atoms with E-state index in [9.17, 15) is 14.0 Å². The number of nitrogens with zero attached hydrogens (tertiary/aromatic N) is 2. The minimum atomic E-state index is -0.467. The largest absolute Gasteiger partial charge is 0.496 e. The highest BCUT2D eigenvalue weighted by atomic mass is 19.1. The molecule has 0 radical (unpaired) electrons. The van der Waals surface area contributed by atoms with Crippen LogP contribution in [0.4, 0.5) is 4.39 Å². The third kappa shape index (κ3) is 4.67. The van der Waals surface area contributed by atoms with Gasteiger partial charge >= 0.3 is 0 Å². The summed E-state index contributed by atoms with van der Waals surface area (Å²) in [6.07, 6.45) is 0.906. The Kier molecular flexibility index (Phi) is 6.54. The summed E-state index contributed by atoms with van der Waals surface area (Å²) in [5.74, 6) is -0.349. The van der Waals surface area contributed by atoms with E-state index in [1.165, 1.54) is 25.3 Å². The lowest BCUT2D eigenvalue weighted by Crippen LogP contribution is -2.51. The van der Waals surface area contributed by atoms with Crippen LogP contribution in [0, 0.1) is 5.82 Å². The van der Waals surface area contributed by atoms with Gasteiger partial charge in [-0.05, 0) is 24.6 Å². The van der Waals surface area contributed by atoms with Crippen molar-refractivity contribution in [2.45, 2.75) is 13.3 Å². The number of hydrogen-bond acceptors (Lipinski definition) is 4. The molecule has 1 heterocycles. The summed E-state index contributed by atoms with van der Waals surface area (Å²) in [5.41, 5.74) is 0.228. The van der Waals surface area contributed by atoms with Crippen molar-refractivity contribution in [1.29, 1.82) is 0 Å². The smallest absolute Gasteiger partial charge is 0.257 e. The van der Waals surface area contributed by atoms with Gasteiger partial charge in [-0.15, -0.1) is 0 Å². The Morgan fingerprint density at radius 1 is 1.25 bits per heavy atom. The highest BCUT2D eigenvalue weighted by Gasteiger charge is 2.25. The molecule has 1 saturated heterocycles. The zero-order valence-corrected chi connectivity index (χ0v) is 14.2. The SMILES string of the molecule is CCCNC(=O)CN1CCN(C(=O)c2cc(F)ccc2OC)CC1. The van der Waals surface area contributed by atoms with Crippen molar-refractivity contribution in [3.8, 4) is 5.75 Å². The van der Waals surface area contributed by atoms with Crippen molar-refractivity contribution in [2.24, 2.45) is 0 Å². The summed E-state index contributed by atoms with van der Waals surface area (Å²) >= 11 is 0. The average molecular weight is 337 g/mol. The minimum Gasteiger partial charge on any atom is -0.496 e. The van der Waals surface area contributed by atoms with Gasteiger partial charge in [0.1, 0.15) is 11.6 Å². The van der Waals surface area contributed by atoms with Gasteiger partial charge < -0.3 is 15.0 Å². The van der Waals surface area contributed by atoms with Gasteiger partial charge in [-0.2, -0.15) is 0 Å². The van der Waals surface area contributed by atoms with E-state index >= 15 is 0 Å². The first kappa shape index (κ1) is 18.2. The van der Waals surface area contributed by atoms with E-state index in [1.807, 2.05) is 11.8 Å². The Balaban J connectivity index is 1.91. The number of piperazine rings is 1. The number of methoxy groups -OCH3 is 1. The molecule has 0 bridgehead atoms. The molecule has 24 heavy (non-hydrogen) atoms. The van der Waals surface area contributed by atoms with E-state index in [2.05, 4.69) is 5.32 Å². The first-order valence-electron chi connectivity index (χ1n) is 8.17. The molecular formula is C17H24FN3O3. The highest BCUT2D eigenvalue weighted by molar-refractivity contribution is 5.97. The van der Waals surface area contributed by atoms with Crippen LogP contribution in [-0.2, 0) is 4.79 Å². The minimum absolute atomic E-state index is 0.00317. The molecule has 2 amide bonds. The Morgan fingerprint density at radius 3 is 2.58 bits per heavy atom. The van der Waals surface area contributed by atoms with Gasteiger partial charge in [-0.1, -0.05) is 6.92 Å². The molecule has 1 aromatic carbocycles. The molecule has 0 atom stereocenters. The molecule has 0 spiro atoms. The van der Waals surface area contributed by atoms with Gasteiger partial charge in [0.25, 0.3) is 5.91 Å². The van der Waals surface area contributed by atoms with Crippen LogP contribution in [0.15, 0.2) is 18.2 Å². The van der Waals surface area contributed by atoms with E-state index in [4.69, 9.17) is 4.74 Å². The quantitative estimate of drug-likeness (QED) is 0.845. The molecule has 6 nitrogen and oxygen atoms in total.